The molecule has 0 atom stereocenters. The van der Waals surface area contributed by atoms with E-state index in [1.807, 2.05) is 13.0 Å². The zero-order valence-corrected chi connectivity index (χ0v) is 11.7. The highest BCUT2D eigenvalue weighted by Gasteiger charge is 2.28. The van der Waals surface area contributed by atoms with Gasteiger partial charge in [0.1, 0.15) is 6.61 Å². The quantitative estimate of drug-likeness (QED) is 0.872. The van der Waals surface area contributed by atoms with E-state index >= 15 is 0 Å². The van der Waals surface area contributed by atoms with Crippen LogP contribution >= 0.6 is 15.9 Å². The monoisotopic (exact) mass is 301 g/mol. The second kappa shape index (κ2) is 5.49. The van der Waals surface area contributed by atoms with E-state index in [0.29, 0.717) is 12.4 Å². The smallest absolute Gasteiger partial charge is 0.312 e. The number of carboxylic acid groups (broad SMARTS) is 1. The van der Waals surface area contributed by atoms with Gasteiger partial charge in [0, 0.05) is 10.6 Å². The Morgan fingerprint density at radius 1 is 1.59 bits per heavy atom. The van der Waals surface area contributed by atoms with Crippen molar-refractivity contribution in [2.45, 2.75) is 20.8 Å². The maximum atomic E-state index is 10.9. The normalized spacial score (nSPS) is 16.6. The van der Waals surface area contributed by atoms with Crippen molar-refractivity contribution in [1.29, 1.82) is 0 Å². The molecule has 0 aliphatic carbocycles. The summed E-state index contributed by atoms with van der Waals surface area (Å²) in [6.07, 6.45) is 3.76. The van der Waals surface area contributed by atoms with E-state index in [-0.39, 0.29) is 6.61 Å². The number of halogens is 1. The third-order valence-electron chi connectivity index (χ3n) is 2.28. The predicted octanol–water partition coefficient (Wildman–Crippen LogP) is 2.75. The van der Waals surface area contributed by atoms with Gasteiger partial charge in [0.05, 0.1) is 12.0 Å². The van der Waals surface area contributed by atoms with Gasteiger partial charge in [0.25, 0.3) is 0 Å². The van der Waals surface area contributed by atoms with Crippen molar-refractivity contribution in [2.75, 3.05) is 13.2 Å². The molecule has 0 radical (unpaired) electrons. The Morgan fingerprint density at radius 3 is 2.82 bits per heavy atom. The molecule has 0 fully saturated rings. The molecule has 0 unspecified atom stereocenters. The molecule has 1 heterocycles. The standard InChI is InChI=1S/C12H16BrNO3/c1-8-4-9(13)6-14-10(5-8)17-7-12(2,3)11(15)16/h4-5H,6-7H2,1-3H3,(H,15,16). The minimum atomic E-state index is -0.915. The Kier molecular flexibility index (Phi) is 4.51. The summed E-state index contributed by atoms with van der Waals surface area (Å²) in [5.74, 6) is -0.408. The van der Waals surface area contributed by atoms with E-state index in [9.17, 15) is 4.79 Å². The van der Waals surface area contributed by atoms with E-state index in [0.717, 1.165) is 10.1 Å². The van der Waals surface area contributed by atoms with Gasteiger partial charge in [-0.2, -0.15) is 0 Å². The average Bonchev–Trinajstić information content (AvgIpc) is 2.36. The molecule has 0 aromatic rings. The first-order chi connectivity index (χ1) is 7.81. The molecule has 1 aliphatic rings. The topological polar surface area (TPSA) is 58.9 Å². The number of rotatable bonds is 3. The number of ether oxygens (including phenoxy) is 1. The Hall–Kier alpha value is -1.10. The minimum absolute atomic E-state index is 0.0998. The van der Waals surface area contributed by atoms with Crippen LogP contribution in [0.5, 0.6) is 0 Å². The summed E-state index contributed by atoms with van der Waals surface area (Å²) in [5, 5.41) is 8.97. The number of nitrogens with zero attached hydrogens (tertiary/aromatic N) is 1. The molecule has 0 aromatic carbocycles. The highest BCUT2D eigenvalue weighted by molar-refractivity contribution is 9.11. The summed E-state index contributed by atoms with van der Waals surface area (Å²) in [4.78, 5) is 15.2. The molecule has 5 heteroatoms. The van der Waals surface area contributed by atoms with Gasteiger partial charge < -0.3 is 9.84 Å². The van der Waals surface area contributed by atoms with E-state index in [2.05, 4.69) is 20.9 Å². The van der Waals surface area contributed by atoms with E-state index in [4.69, 9.17) is 9.84 Å². The van der Waals surface area contributed by atoms with Crippen LogP contribution in [0.4, 0.5) is 0 Å². The highest BCUT2D eigenvalue weighted by Crippen LogP contribution is 2.18. The van der Waals surface area contributed by atoms with Crippen molar-refractivity contribution in [3.63, 3.8) is 0 Å². The second-order valence-electron chi connectivity index (χ2n) is 4.61. The van der Waals surface area contributed by atoms with Crippen LogP contribution < -0.4 is 0 Å². The summed E-state index contributed by atoms with van der Waals surface area (Å²) in [5.41, 5.74) is 0.0996. The van der Waals surface area contributed by atoms with Crippen LogP contribution in [0.1, 0.15) is 20.8 Å². The average molecular weight is 302 g/mol. The van der Waals surface area contributed by atoms with Crippen LogP contribution in [0.15, 0.2) is 27.2 Å². The van der Waals surface area contributed by atoms with Gasteiger partial charge in [-0.3, -0.25) is 4.79 Å². The fourth-order valence-electron chi connectivity index (χ4n) is 1.13. The molecule has 0 aromatic heterocycles. The van der Waals surface area contributed by atoms with Gasteiger partial charge in [0.15, 0.2) is 0 Å². The number of carbonyl (C=O) groups is 1. The lowest BCUT2D eigenvalue weighted by atomic mass is 9.95. The molecule has 1 N–H and O–H groups in total. The third kappa shape index (κ3) is 4.34. The van der Waals surface area contributed by atoms with Crippen LogP contribution in [0, 0.1) is 5.41 Å². The van der Waals surface area contributed by atoms with Crippen LogP contribution in [-0.4, -0.2) is 30.1 Å². The second-order valence-corrected chi connectivity index (χ2v) is 5.63. The largest absolute Gasteiger partial charge is 0.481 e. The fraction of sp³-hybridized carbons (Fsp3) is 0.500. The molecule has 0 spiro atoms. The molecule has 4 nitrogen and oxygen atoms in total. The van der Waals surface area contributed by atoms with E-state index < -0.39 is 11.4 Å². The molecule has 17 heavy (non-hydrogen) atoms. The van der Waals surface area contributed by atoms with Crippen LogP contribution in [0.2, 0.25) is 0 Å². The number of hydrogen-bond acceptors (Lipinski definition) is 3. The van der Waals surface area contributed by atoms with Crippen LogP contribution in [0.25, 0.3) is 0 Å². The summed E-state index contributed by atoms with van der Waals surface area (Å²) >= 11 is 3.38. The van der Waals surface area contributed by atoms with E-state index in [1.54, 1.807) is 19.9 Å². The van der Waals surface area contributed by atoms with Gasteiger partial charge in [-0.1, -0.05) is 15.9 Å². The van der Waals surface area contributed by atoms with Gasteiger partial charge >= 0.3 is 5.97 Å². The first-order valence-corrected chi connectivity index (χ1v) is 6.05. The molecule has 0 amide bonds. The lowest BCUT2D eigenvalue weighted by molar-refractivity contribution is -0.148. The van der Waals surface area contributed by atoms with Crippen LogP contribution in [-0.2, 0) is 9.53 Å². The summed E-state index contributed by atoms with van der Waals surface area (Å²) in [6.45, 7) is 5.79. The number of aliphatic imine (C=N–C) groups is 1. The summed E-state index contributed by atoms with van der Waals surface area (Å²) < 4.78 is 6.42. The van der Waals surface area contributed by atoms with Gasteiger partial charge in [-0.25, -0.2) is 4.99 Å². The Bertz CT molecular complexity index is 408. The molecule has 94 valence electrons. The molecule has 0 saturated heterocycles. The third-order valence-corrected chi connectivity index (χ3v) is 2.76. The number of hydrogen-bond donors (Lipinski definition) is 1. The van der Waals surface area contributed by atoms with Crippen molar-refractivity contribution in [3.8, 4) is 0 Å². The Morgan fingerprint density at radius 2 is 2.24 bits per heavy atom. The van der Waals surface area contributed by atoms with Crippen molar-refractivity contribution < 1.29 is 14.6 Å². The maximum Gasteiger partial charge on any atom is 0.312 e. The molecular formula is C12H16BrNO3. The van der Waals surface area contributed by atoms with Gasteiger partial charge in [-0.15, -0.1) is 0 Å². The first-order valence-electron chi connectivity index (χ1n) is 5.26. The molecular weight excluding hydrogens is 286 g/mol. The van der Waals surface area contributed by atoms with Crippen molar-refractivity contribution >= 4 is 27.8 Å². The van der Waals surface area contributed by atoms with Crippen molar-refractivity contribution in [2.24, 2.45) is 10.4 Å². The summed E-state index contributed by atoms with van der Waals surface area (Å²) in [7, 11) is 0. The van der Waals surface area contributed by atoms with Crippen molar-refractivity contribution in [1.82, 2.24) is 0 Å². The highest BCUT2D eigenvalue weighted by atomic mass is 79.9. The Labute approximate surface area is 109 Å². The Balaban J connectivity index is 2.66. The molecule has 0 saturated carbocycles. The lowest BCUT2D eigenvalue weighted by Gasteiger charge is -2.19. The zero-order chi connectivity index (χ0) is 13.1. The molecule has 0 bridgehead atoms. The predicted molar refractivity (Wildman–Crippen MR) is 70.4 cm³/mol. The first kappa shape index (κ1) is 14.0. The van der Waals surface area contributed by atoms with E-state index in [1.165, 1.54) is 0 Å². The zero-order valence-electron chi connectivity index (χ0n) is 10.2. The number of carboxylic acids is 1. The minimum Gasteiger partial charge on any atom is -0.481 e. The fourth-order valence-corrected chi connectivity index (χ4v) is 1.62. The molecule has 1 aliphatic heterocycles. The maximum absolute atomic E-state index is 10.9. The lowest BCUT2D eigenvalue weighted by Crippen LogP contribution is -2.30. The van der Waals surface area contributed by atoms with Gasteiger partial charge in [0.2, 0.25) is 5.90 Å². The van der Waals surface area contributed by atoms with Crippen molar-refractivity contribution in [3.05, 3.63) is 22.2 Å². The number of allylic oxidation sites excluding steroid dienone is 2. The van der Waals surface area contributed by atoms with Crippen LogP contribution in [0.3, 0.4) is 0 Å². The summed E-state index contributed by atoms with van der Waals surface area (Å²) in [6, 6.07) is 0. The van der Waals surface area contributed by atoms with Gasteiger partial charge in [-0.05, 0) is 32.4 Å². The number of aliphatic carboxylic acids is 1. The molecule has 1 rings (SSSR count). The SMILES string of the molecule is CC1=CC(OCC(C)(C)C(=O)O)=NCC(Br)=C1.